The van der Waals surface area contributed by atoms with Gasteiger partial charge in [-0.1, -0.05) is 12.1 Å². The van der Waals surface area contributed by atoms with Gasteiger partial charge in [-0.25, -0.2) is 4.39 Å². The Kier molecular flexibility index (Phi) is 3.65. The Morgan fingerprint density at radius 3 is 2.79 bits per heavy atom. The lowest BCUT2D eigenvalue weighted by atomic mass is 9.76. The first-order chi connectivity index (χ1) is 9.25. The molecule has 1 fully saturated rings. The molecule has 1 unspecified atom stereocenters. The van der Waals surface area contributed by atoms with Crippen LogP contribution in [0.25, 0.3) is 0 Å². The van der Waals surface area contributed by atoms with Crippen molar-refractivity contribution in [3.63, 3.8) is 0 Å². The minimum Gasteiger partial charge on any atom is -0.317 e. The summed E-state index contributed by atoms with van der Waals surface area (Å²) in [5.74, 6) is 0.716. The Hall–Kier alpha value is -1.22. The number of rotatable bonds is 2. The van der Waals surface area contributed by atoms with Gasteiger partial charge in [0.15, 0.2) is 5.78 Å². The molecule has 1 aliphatic carbocycles. The number of carbonyl (C=O) groups excluding carboxylic acids is 1. The maximum absolute atomic E-state index is 13.7. The lowest BCUT2D eigenvalue weighted by Crippen LogP contribution is -2.31. The van der Waals surface area contributed by atoms with Crippen LogP contribution in [0, 0.1) is 17.7 Å². The van der Waals surface area contributed by atoms with E-state index in [1.54, 1.807) is 12.1 Å². The number of Topliss-reactive ketones (excluding diaryl/α,β-unsaturated/α-hetero) is 1. The normalized spacial score (nSPS) is 24.3. The fraction of sp³-hybridized carbons (Fsp3) is 0.562. The van der Waals surface area contributed by atoms with Crippen molar-refractivity contribution in [2.45, 2.75) is 32.1 Å². The molecule has 0 radical (unpaired) electrons. The molecule has 0 bridgehead atoms. The number of nitrogens with one attached hydrogen (secondary N) is 1. The largest absolute Gasteiger partial charge is 0.317 e. The van der Waals surface area contributed by atoms with Gasteiger partial charge in [0.25, 0.3) is 0 Å². The highest BCUT2D eigenvalue weighted by Gasteiger charge is 2.31. The van der Waals surface area contributed by atoms with E-state index < -0.39 is 0 Å². The van der Waals surface area contributed by atoms with Crippen LogP contribution in [-0.4, -0.2) is 18.9 Å². The van der Waals surface area contributed by atoms with Crippen LogP contribution < -0.4 is 5.32 Å². The Morgan fingerprint density at radius 2 is 2.00 bits per heavy atom. The molecule has 2 nitrogen and oxygen atoms in total. The van der Waals surface area contributed by atoms with Crippen molar-refractivity contribution in [1.82, 2.24) is 5.32 Å². The summed E-state index contributed by atoms with van der Waals surface area (Å²) < 4.78 is 13.7. The van der Waals surface area contributed by atoms with E-state index in [4.69, 9.17) is 0 Å². The highest BCUT2D eigenvalue weighted by atomic mass is 19.1. The monoisotopic (exact) mass is 261 g/mol. The molecule has 1 aromatic rings. The van der Waals surface area contributed by atoms with Crippen LogP contribution in [-0.2, 0) is 6.42 Å². The second kappa shape index (κ2) is 5.41. The topological polar surface area (TPSA) is 29.1 Å². The van der Waals surface area contributed by atoms with Crippen molar-refractivity contribution in [2.75, 3.05) is 13.1 Å². The summed E-state index contributed by atoms with van der Waals surface area (Å²) in [5, 5.41) is 3.35. The highest BCUT2D eigenvalue weighted by Crippen LogP contribution is 2.33. The predicted octanol–water partition coefficient (Wildman–Crippen LogP) is 2.96. The average Bonchev–Trinajstić information content (AvgIpc) is 2.44. The fourth-order valence-corrected chi connectivity index (χ4v) is 3.46. The van der Waals surface area contributed by atoms with E-state index in [1.807, 2.05) is 0 Å². The van der Waals surface area contributed by atoms with Crippen molar-refractivity contribution in [2.24, 2.45) is 11.8 Å². The third-order valence-corrected chi connectivity index (χ3v) is 4.57. The van der Waals surface area contributed by atoms with Crippen molar-refractivity contribution in [3.8, 4) is 0 Å². The van der Waals surface area contributed by atoms with Gasteiger partial charge in [0.05, 0.1) is 0 Å². The number of piperidine rings is 1. The summed E-state index contributed by atoms with van der Waals surface area (Å²) in [6, 6.07) is 4.90. The number of hydrogen-bond donors (Lipinski definition) is 1. The third-order valence-electron chi connectivity index (χ3n) is 4.57. The van der Waals surface area contributed by atoms with E-state index in [9.17, 15) is 9.18 Å². The van der Waals surface area contributed by atoms with Crippen LogP contribution in [0.4, 0.5) is 4.39 Å². The zero-order valence-electron chi connectivity index (χ0n) is 11.1. The molecule has 1 saturated heterocycles. The van der Waals surface area contributed by atoms with E-state index in [2.05, 4.69) is 5.32 Å². The minimum atomic E-state index is -0.217. The zero-order valence-corrected chi connectivity index (χ0v) is 11.1. The van der Waals surface area contributed by atoms with E-state index in [0.29, 0.717) is 23.5 Å². The molecule has 0 saturated carbocycles. The number of carbonyl (C=O) groups is 1. The molecule has 1 atom stereocenters. The summed E-state index contributed by atoms with van der Waals surface area (Å²) in [7, 11) is 0. The summed E-state index contributed by atoms with van der Waals surface area (Å²) in [4.78, 5) is 12.5. The van der Waals surface area contributed by atoms with E-state index in [1.165, 1.54) is 18.9 Å². The van der Waals surface area contributed by atoms with Gasteiger partial charge in [0, 0.05) is 11.5 Å². The van der Waals surface area contributed by atoms with Gasteiger partial charge in [0.2, 0.25) is 0 Å². The fourth-order valence-electron chi connectivity index (χ4n) is 3.46. The number of benzene rings is 1. The number of ketones is 1. The highest BCUT2D eigenvalue weighted by molar-refractivity contribution is 6.00. The first kappa shape index (κ1) is 12.8. The number of fused-ring (bicyclic) bond motifs is 1. The van der Waals surface area contributed by atoms with Crippen molar-refractivity contribution >= 4 is 5.78 Å². The van der Waals surface area contributed by atoms with Gasteiger partial charge in [-0.05, 0) is 62.7 Å². The van der Waals surface area contributed by atoms with Crippen molar-refractivity contribution < 1.29 is 9.18 Å². The molecular weight excluding hydrogens is 241 g/mol. The molecule has 1 N–H and O–H groups in total. The lowest BCUT2D eigenvalue weighted by molar-refractivity contribution is 0.0871. The molecular formula is C16H20FNO. The van der Waals surface area contributed by atoms with Crippen LogP contribution in [0.3, 0.4) is 0 Å². The molecule has 3 heteroatoms. The van der Waals surface area contributed by atoms with E-state index in [0.717, 1.165) is 25.9 Å². The standard InChI is InChI=1S/C16H20FNO/c17-15-3-1-2-14-13(15)5-4-12(16(14)19)10-11-6-8-18-9-7-11/h1-3,11-12,18H,4-10H2. The first-order valence-corrected chi connectivity index (χ1v) is 7.28. The Balaban J connectivity index is 1.74. The summed E-state index contributed by atoms with van der Waals surface area (Å²) >= 11 is 0. The van der Waals surface area contributed by atoms with E-state index >= 15 is 0 Å². The van der Waals surface area contributed by atoms with Gasteiger partial charge < -0.3 is 5.32 Å². The van der Waals surface area contributed by atoms with Gasteiger partial charge in [0.1, 0.15) is 5.82 Å². The average molecular weight is 261 g/mol. The summed E-state index contributed by atoms with van der Waals surface area (Å²) in [6.07, 6.45) is 4.84. The Labute approximate surface area is 113 Å². The Bertz CT molecular complexity index is 480. The SMILES string of the molecule is O=C1c2cccc(F)c2CCC1CC1CCNCC1. The number of hydrogen-bond acceptors (Lipinski definition) is 2. The van der Waals surface area contributed by atoms with Crippen LogP contribution in [0.5, 0.6) is 0 Å². The van der Waals surface area contributed by atoms with E-state index in [-0.39, 0.29) is 17.5 Å². The summed E-state index contributed by atoms with van der Waals surface area (Å²) in [5.41, 5.74) is 1.26. The van der Waals surface area contributed by atoms with Gasteiger partial charge in [-0.3, -0.25) is 4.79 Å². The van der Waals surface area contributed by atoms with Gasteiger partial charge in [-0.2, -0.15) is 0 Å². The molecule has 19 heavy (non-hydrogen) atoms. The first-order valence-electron chi connectivity index (χ1n) is 7.28. The molecule has 0 spiro atoms. The summed E-state index contributed by atoms with van der Waals surface area (Å²) in [6.45, 7) is 2.13. The lowest BCUT2D eigenvalue weighted by Gasteiger charge is -2.29. The quantitative estimate of drug-likeness (QED) is 0.886. The van der Waals surface area contributed by atoms with Gasteiger partial charge >= 0.3 is 0 Å². The molecule has 1 heterocycles. The second-order valence-electron chi connectivity index (χ2n) is 5.79. The molecule has 0 amide bonds. The van der Waals surface area contributed by atoms with Crippen molar-refractivity contribution in [1.29, 1.82) is 0 Å². The maximum Gasteiger partial charge on any atom is 0.166 e. The molecule has 3 rings (SSSR count). The van der Waals surface area contributed by atoms with Crippen molar-refractivity contribution in [3.05, 3.63) is 35.1 Å². The molecule has 2 aliphatic rings. The van der Waals surface area contributed by atoms with Crippen LogP contribution in [0.15, 0.2) is 18.2 Å². The van der Waals surface area contributed by atoms with Crippen LogP contribution in [0.1, 0.15) is 41.6 Å². The van der Waals surface area contributed by atoms with Crippen LogP contribution >= 0.6 is 0 Å². The molecule has 1 aliphatic heterocycles. The zero-order chi connectivity index (χ0) is 13.2. The number of halogens is 1. The Morgan fingerprint density at radius 1 is 1.21 bits per heavy atom. The maximum atomic E-state index is 13.7. The third kappa shape index (κ3) is 2.57. The van der Waals surface area contributed by atoms with Gasteiger partial charge in [-0.15, -0.1) is 0 Å². The molecule has 0 aromatic heterocycles. The molecule has 1 aromatic carbocycles. The molecule has 102 valence electrons. The van der Waals surface area contributed by atoms with Crippen LogP contribution in [0.2, 0.25) is 0 Å². The smallest absolute Gasteiger partial charge is 0.166 e. The second-order valence-corrected chi connectivity index (χ2v) is 5.79. The minimum absolute atomic E-state index is 0.109. The predicted molar refractivity (Wildman–Crippen MR) is 72.8 cm³/mol.